The van der Waals surface area contributed by atoms with E-state index in [0.717, 1.165) is 24.0 Å². The van der Waals surface area contributed by atoms with Crippen molar-refractivity contribution in [3.63, 3.8) is 0 Å². The molecule has 1 aromatic carbocycles. The van der Waals surface area contributed by atoms with E-state index in [1.165, 1.54) is 32.1 Å². The molecule has 4 aliphatic rings. The van der Waals surface area contributed by atoms with Crippen molar-refractivity contribution >= 4 is 28.6 Å². The van der Waals surface area contributed by atoms with Gasteiger partial charge in [0.25, 0.3) is 0 Å². The van der Waals surface area contributed by atoms with Gasteiger partial charge in [-0.05, 0) is 100 Å². The third kappa shape index (κ3) is 3.27. The minimum atomic E-state index is -0.485. The summed E-state index contributed by atoms with van der Waals surface area (Å²) in [5.41, 5.74) is -0.0331. The maximum Gasteiger partial charge on any atom is 0.327 e. The molecule has 0 heterocycles. The molecule has 4 saturated carbocycles. The lowest BCUT2D eigenvalue weighted by atomic mass is 9.50. The number of carbonyl (C=O) groups excluding carboxylic acids is 1. The minimum absolute atomic E-state index is 0.0331. The second-order valence-electron chi connectivity index (χ2n) is 9.00. The van der Waals surface area contributed by atoms with Crippen molar-refractivity contribution in [3.8, 4) is 11.5 Å². The Morgan fingerprint density at radius 1 is 1.08 bits per heavy atom. The third-order valence-electron chi connectivity index (χ3n) is 7.22. The summed E-state index contributed by atoms with van der Waals surface area (Å²) in [5.74, 6) is 4.57. The summed E-state index contributed by atoms with van der Waals surface area (Å²) in [6.07, 6.45) is 7.55. The van der Waals surface area contributed by atoms with Crippen molar-refractivity contribution < 1.29 is 14.3 Å². The Hall–Kier alpha value is -0.780. The summed E-state index contributed by atoms with van der Waals surface area (Å²) in [4.78, 5) is 12.2. The lowest BCUT2D eigenvalue weighted by Crippen LogP contribution is -2.59. The quantitative estimate of drug-likeness (QED) is 0.238. The smallest absolute Gasteiger partial charge is 0.327 e. The van der Waals surface area contributed by atoms with Crippen molar-refractivity contribution in [2.24, 2.45) is 23.7 Å². The zero-order valence-corrected chi connectivity index (χ0v) is 18.1. The fraction of sp³-hybridized carbons (Fsp3) is 0.682. The standard InChI is InChI=1S/C22H29IO3/c1-4-21(2,23)20(24)25-18-5-7-19(8-6-18)26-22(3)16-10-14-9-15(12-16)13-17(22)11-14/h5-8,14-17H,4,9-13H2,1-3H3. The first-order valence-corrected chi connectivity index (χ1v) is 11.1. The Labute approximate surface area is 170 Å². The molecule has 0 aromatic heterocycles. The molecule has 0 amide bonds. The van der Waals surface area contributed by atoms with E-state index in [1.54, 1.807) is 0 Å². The van der Waals surface area contributed by atoms with E-state index in [1.807, 2.05) is 38.1 Å². The van der Waals surface area contributed by atoms with Gasteiger partial charge in [-0.1, -0.05) is 29.5 Å². The first-order valence-electron chi connectivity index (χ1n) is 10.0. The van der Waals surface area contributed by atoms with Crippen molar-refractivity contribution in [3.05, 3.63) is 24.3 Å². The van der Waals surface area contributed by atoms with Crippen LogP contribution in [-0.4, -0.2) is 15.0 Å². The normalized spacial score (nSPS) is 37.2. The molecule has 1 unspecified atom stereocenters. The minimum Gasteiger partial charge on any atom is -0.487 e. The molecule has 0 aliphatic heterocycles. The van der Waals surface area contributed by atoms with Gasteiger partial charge in [0.1, 0.15) is 20.5 Å². The van der Waals surface area contributed by atoms with Crippen molar-refractivity contribution in [1.29, 1.82) is 0 Å². The molecule has 0 saturated heterocycles. The molecule has 0 spiro atoms. The molecule has 142 valence electrons. The van der Waals surface area contributed by atoms with Gasteiger partial charge in [0.15, 0.2) is 0 Å². The maximum atomic E-state index is 12.2. The van der Waals surface area contributed by atoms with E-state index in [9.17, 15) is 4.79 Å². The number of esters is 1. The number of ether oxygens (including phenoxy) is 2. The highest BCUT2D eigenvalue weighted by Gasteiger charge is 2.56. The summed E-state index contributed by atoms with van der Waals surface area (Å²) >= 11 is 2.16. The zero-order chi connectivity index (χ0) is 18.5. The number of hydrogen-bond donors (Lipinski definition) is 0. The highest BCUT2D eigenvalue weighted by molar-refractivity contribution is 14.1. The second kappa shape index (κ2) is 6.68. The van der Waals surface area contributed by atoms with Crippen LogP contribution in [-0.2, 0) is 4.79 Å². The monoisotopic (exact) mass is 468 g/mol. The van der Waals surface area contributed by atoms with Crippen LogP contribution in [0.25, 0.3) is 0 Å². The molecule has 4 bridgehead atoms. The van der Waals surface area contributed by atoms with Crippen LogP contribution in [0.4, 0.5) is 0 Å². The topological polar surface area (TPSA) is 35.5 Å². The molecular formula is C22H29IO3. The van der Waals surface area contributed by atoms with Gasteiger partial charge in [-0.2, -0.15) is 0 Å². The molecule has 26 heavy (non-hydrogen) atoms. The number of carbonyl (C=O) groups is 1. The SMILES string of the molecule is CCC(C)(I)C(=O)Oc1ccc(OC2(C)C3CC4CC(C3)CC2C4)cc1. The van der Waals surface area contributed by atoms with E-state index in [4.69, 9.17) is 9.47 Å². The zero-order valence-electron chi connectivity index (χ0n) is 16.0. The largest absolute Gasteiger partial charge is 0.487 e. The lowest BCUT2D eigenvalue weighted by Gasteiger charge is -2.59. The van der Waals surface area contributed by atoms with Gasteiger partial charge in [-0.3, -0.25) is 4.79 Å². The molecule has 0 N–H and O–H groups in total. The summed E-state index contributed by atoms with van der Waals surface area (Å²) in [5, 5.41) is 0. The van der Waals surface area contributed by atoms with Crippen LogP contribution in [0, 0.1) is 23.7 Å². The molecule has 5 rings (SSSR count). The van der Waals surface area contributed by atoms with Crippen LogP contribution in [0.15, 0.2) is 24.3 Å². The van der Waals surface area contributed by atoms with Gasteiger partial charge in [-0.25, -0.2) is 0 Å². The van der Waals surface area contributed by atoms with Crippen LogP contribution < -0.4 is 9.47 Å². The van der Waals surface area contributed by atoms with Gasteiger partial charge in [0.05, 0.1) is 0 Å². The third-order valence-corrected chi connectivity index (χ3v) is 8.42. The van der Waals surface area contributed by atoms with E-state index in [-0.39, 0.29) is 11.6 Å². The summed E-state index contributed by atoms with van der Waals surface area (Å²) < 4.78 is 11.6. The van der Waals surface area contributed by atoms with Crippen LogP contribution in [0.5, 0.6) is 11.5 Å². The number of alkyl halides is 1. The van der Waals surface area contributed by atoms with E-state index in [0.29, 0.717) is 17.6 Å². The van der Waals surface area contributed by atoms with Crippen LogP contribution >= 0.6 is 22.6 Å². The molecule has 3 nitrogen and oxygen atoms in total. The van der Waals surface area contributed by atoms with E-state index < -0.39 is 3.42 Å². The van der Waals surface area contributed by atoms with Gasteiger partial charge < -0.3 is 9.47 Å². The molecular weight excluding hydrogens is 439 g/mol. The summed E-state index contributed by atoms with van der Waals surface area (Å²) in [6.45, 7) is 6.23. The average molecular weight is 468 g/mol. The Kier molecular flexibility index (Phi) is 4.77. The molecule has 1 aromatic rings. The molecule has 0 radical (unpaired) electrons. The average Bonchev–Trinajstić information content (AvgIpc) is 2.61. The van der Waals surface area contributed by atoms with Crippen molar-refractivity contribution in [2.75, 3.05) is 0 Å². The van der Waals surface area contributed by atoms with E-state index >= 15 is 0 Å². The lowest BCUT2D eigenvalue weighted by molar-refractivity contribution is -0.145. The molecule has 1 atom stereocenters. The van der Waals surface area contributed by atoms with Gasteiger partial charge in [-0.15, -0.1) is 0 Å². The predicted octanol–water partition coefficient (Wildman–Crippen LogP) is 5.79. The fourth-order valence-electron chi connectivity index (χ4n) is 5.47. The Morgan fingerprint density at radius 2 is 1.58 bits per heavy atom. The highest BCUT2D eigenvalue weighted by atomic mass is 127. The van der Waals surface area contributed by atoms with Crippen molar-refractivity contribution in [1.82, 2.24) is 0 Å². The van der Waals surface area contributed by atoms with Crippen molar-refractivity contribution in [2.45, 2.75) is 68.3 Å². The van der Waals surface area contributed by atoms with Gasteiger partial charge in [0.2, 0.25) is 0 Å². The highest BCUT2D eigenvalue weighted by Crippen LogP contribution is 2.59. The van der Waals surface area contributed by atoms with E-state index in [2.05, 4.69) is 29.5 Å². The van der Waals surface area contributed by atoms with Gasteiger partial charge >= 0.3 is 5.97 Å². The molecule has 4 aliphatic carbocycles. The maximum absolute atomic E-state index is 12.2. The fourth-order valence-corrected chi connectivity index (χ4v) is 5.58. The van der Waals surface area contributed by atoms with Crippen LogP contribution in [0.2, 0.25) is 0 Å². The van der Waals surface area contributed by atoms with Gasteiger partial charge in [0, 0.05) is 0 Å². The first-order chi connectivity index (χ1) is 12.3. The number of hydrogen-bond acceptors (Lipinski definition) is 3. The number of halogens is 1. The Morgan fingerprint density at radius 3 is 2.08 bits per heavy atom. The second-order valence-corrected chi connectivity index (χ2v) is 11.4. The number of rotatable bonds is 5. The molecule has 4 fully saturated rings. The summed E-state index contributed by atoms with van der Waals surface area (Å²) in [6, 6.07) is 7.62. The van der Waals surface area contributed by atoms with Crippen LogP contribution in [0.1, 0.15) is 59.3 Å². The Bertz CT molecular complexity index is 651. The Balaban J connectivity index is 1.44. The number of benzene rings is 1. The van der Waals surface area contributed by atoms with Crippen LogP contribution in [0.3, 0.4) is 0 Å². The summed E-state index contributed by atoms with van der Waals surface area (Å²) in [7, 11) is 0. The first kappa shape index (κ1) is 18.6. The predicted molar refractivity (Wildman–Crippen MR) is 111 cm³/mol. The molecule has 4 heteroatoms.